The van der Waals surface area contributed by atoms with Crippen LogP contribution in [-0.4, -0.2) is 18.1 Å². The summed E-state index contributed by atoms with van der Waals surface area (Å²) in [6.07, 6.45) is 3.83. The first-order valence-corrected chi connectivity index (χ1v) is 6.67. The molecule has 0 bridgehead atoms. The zero-order chi connectivity index (χ0) is 14.4. The normalized spacial score (nSPS) is 12.2. The second-order valence-corrected chi connectivity index (χ2v) is 4.76. The maximum Gasteiger partial charge on any atom is 0.168 e. The summed E-state index contributed by atoms with van der Waals surface area (Å²) in [5, 5.41) is 0. The van der Waals surface area contributed by atoms with Crippen molar-refractivity contribution >= 4 is 0 Å². The number of methoxy groups -OCH3 is 1. The highest BCUT2D eigenvalue weighted by Gasteiger charge is 2.12. The molecule has 0 aliphatic carbocycles. The van der Waals surface area contributed by atoms with E-state index < -0.39 is 0 Å². The highest BCUT2D eigenvalue weighted by Crippen LogP contribution is 2.21. The molecule has 4 heteroatoms. The summed E-state index contributed by atoms with van der Waals surface area (Å²) in [6.45, 7) is 0. The van der Waals surface area contributed by atoms with E-state index in [1.807, 2.05) is 18.2 Å². The maximum atomic E-state index is 14.0. The third-order valence-corrected chi connectivity index (χ3v) is 3.24. The molecule has 1 atom stereocenters. The monoisotopic (exact) mass is 274 g/mol. The van der Waals surface area contributed by atoms with Crippen molar-refractivity contribution in [2.24, 2.45) is 5.73 Å². The van der Waals surface area contributed by atoms with Crippen LogP contribution in [0, 0.1) is 5.82 Å². The number of nitrogens with zero attached hydrogens (tertiary/aromatic N) is 1. The lowest BCUT2D eigenvalue weighted by Crippen LogP contribution is -2.24. The number of ether oxygens (including phenoxy) is 1. The van der Waals surface area contributed by atoms with Gasteiger partial charge in [-0.2, -0.15) is 0 Å². The SMILES string of the molecule is COc1cccc(CC(N)CCc2ccccn2)c1F. The van der Waals surface area contributed by atoms with Crippen LogP contribution in [0.5, 0.6) is 5.75 Å². The molecule has 0 aliphatic rings. The quantitative estimate of drug-likeness (QED) is 0.881. The summed E-state index contributed by atoms with van der Waals surface area (Å²) in [6, 6.07) is 10.8. The third-order valence-electron chi connectivity index (χ3n) is 3.24. The Balaban J connectivity index is 1.93. The van der Waals surface area contributed by atoms with Gasteiger partial charge in [-0.1, -0.05) is 18.2 Å². The van der Waals surface area contributed by atoms with Crippen LogP contribution in [0.1, 0.15) is 17.7 Å². The molecule has 1 aromatic heterocycles. The minimum atomic E-state index is -0.316. The Bertz CT molecular complexity index is 545. The van der Waals surface area contributed by atoms with Crippen molar-refractivity contribution in [2.75, 3.05) is 7.11 Å². The number of nitrogens with two attached hydrogens (primary N) is 1. The topological polar surface area (TPSA) is 48.1 Å². The van der Waals surface area contributed by atoms with E-state index in [1.54, 1.807) is 24.4 Å². The van der Waals surface area contributed by atoms with Gasteiger partial charge in [0.15, 0.2) is 11.6 Å². The highest BCUT2D eigenvalue weighted by atomic mass is 19.1. The summed E-state index contributed by atoms with van der Waals surface area (Å²) < 4.78 is 19.0. The fraction of sp³-hybridized carbons (Fsp3) is 0.312. The van der Waals surface area contributed by atoms with Gasteiger partial charge in [-0.15, -0.1) is 0 Å². The summed E-state index contributed by atoms with van der Waals surface area (Å²) in [5.41, 5.74) is 7.68. The van der Waals surface area contributed by atoms with Gasteiger partial charge in [0.1, 0.15) is 0 Å². The zero-order valence-electron chi connectivity index (χ0n) is 11.6. The van der Waals surface area contributed by atoms with Gasteiger partial charge in [0.2, 0.25) is 0 Å². The molecule has 0 spiro atoms. The molecule has 0 amide bonds. The van der Waals surface area contributed by atoms with E-state index >= 15 is 0 Å². The number of pyridine rings is 1. The molecule has 0 saturated heterocycles. The molecule has 106 valence electrons. The maximum absolute atomic E-state index is 14.0. The van der Waals surface area contributed by atoms with Gasteiger partial charge in [0.25, 0.3) is 0 Å². The van der Waals surface area contributed by atoms with Crippen LogP contribution < -0.4 is 10.5 Å². The summed E-state index contributed by atoms with van der Waals surface area (Å²) in [7, 11) is 1.46. The molecule has 0 radical (unpaired) electrons. The zero-order valence-corrected chi connectivity index (χ0v) is 11.6. The van der Waals surface area contributed by atoms with E-state index in [4.69, 9.17) is 10.5 Å². The molecule has 0 aliphatic heterocycles. The largest absolute Gasteiger partial charge is 0.494 e. The van der Waals surface area contributed by atoms with Gasteiger partial charge in [0, 0.05) is 17.9 Å². The number of halogens is 1. The first-order chi connectivity index (χ1) is 9.70. The van der Waals surface area contributed by atoms with E-state index in [0.717, 1.165) is 18.5 Å². The Hall–Kier alpha value is -1.94. The van der Waals surface area contributed by atoms with Crippen molar-refractivity contribution in [1.82, 2.24) is 4.98 Å². The summed E-state index contributed by atoms with van der Waals surface area (Å²) in [4.78, 5) is 4.25. The van der Waals surface area contributed by atoms with Gasteiger partial charge in [-0.05, 0) is 43.0 Å². The van der Waals surface area contributed by atoms with E-state index in [0.29, 0.717) is 12.0 Å². The average Bonchev–Trinajstić information content (AvgIpc) is 2.48. The Morgan fingerprint density at radius 3 is 2.80 bits per heavy atom. The standard InChI is InChI=1S/C16H19FN2O/c1-20-15-7-4-5-12(16(15)17)11-13(18)8-9-14-6-2-3-10-19-14/h2-7,10,13H,8-9,11,18H2,1H3. The number of hydrogen-bond acceptors (Lipinski definition) is 3. The molecule has 1 aromatic carbocycles. The molecule has 3 nitrogen and oxygen atoms in total. The Morgan fingerprint density at radius 2 is 2.10 bits per heavy atom. The summed E-state index contributed by atoms with van der Waals surface area (Å²) >= 11 is 0. The number of aromatic nitrogens is 1. The second kappa shape index (κ2) is 7.01. The van der Waals surface area contributed by atoms with E-state index in [1.165, 1.54) is 7.11 Å². The van der Waals surface area contributed by atoms with Crippen molar-refractivity contribution in [3.63, 3.8) is 0 Å². The lowest BCUT2D eigenvalue weighted by Gasteiger charge is -2.13. The van der Waals surface area contributed by atoms with Gasteiger partial charge >= 0.3 is 0 Å². The van der Waals surface area contributed by atoms with Crippen molar-refractivity contribution < 1.29 is 9.13 Å². The number of rotatable bonds is 6. The van der Waals surface area contributed by atoms with Crippen LogP contribution in [0.25, 0.3) is 0 Å². The van der Waals surface area contributed by atoms with Gasteiger partial charge in [-0.25, -0.2) is 4.39 Å². The lowest BCUT2D eigenvalue weighted by atomic mass is 10.0. The van der Waals surface area contributed by atoms with Gasteiger partial charge in [-0.3, -0.25) is 4.98 Å². The molecule has 0 fully saturated rings. The van der Waals surface area contributed by atoms with E-state index in [9.17, 15) is 4.39 Å². The Morgan fingerprint density at radius 1 is 1.25 bits per heavy atom. The van der Waals surface area contributed by atoms with Crippen molar-refractivity contribution in [3.05, 3.63) is 59.7 Å². The molecule has 0 saturated carbocycles. The van der Waals surface area contributed by atoms with Crippen molar-refractivity contribution in [3.8, 4) is 5.75 Å². The Kier molecular flexibility index (Phi) is 5.07. The van der Waals surface area contributed by atoms with Crippen LogP contribution >= 0.6 is 0 Å². The molecular formula is C16H19FN2O. The van der Waals surface area contributed by atoms with Crippen molar-refractivity contribution in [2.45, 2.75) is 25.3 Å². The van der Waals surface area contributed by atoms with Crippen molar-refractivity contribution in [1.29, 1.82) is 0 Å². The summed E-state index contributed by atoms with van der Waals surface area (Å²) in [5.74, 6) is -0.0530. The lowest BCUT2D eigenvalue weighted by molar-refractivity contribution is 0.383. The molecule has 1 unspecified atom stereocenters. The highest BCUT2D eigenvalue weighted by molar-refractivity contribution is 5.31. The average molecular weight is 274 g/mol. The van der Waals surface area contributed by atoms with Crippen LogP contribution in [-0.2, 0) is 12.8 Å². The minimum absolute atomic E-state index is 0.0985. The molecule has 2 aromatic rings. The number of aryl methyl sites for hydroxylation is 1. The predicted octanol–water partition coefficient (Wildman–Crippen LogP) is 2.73. The number of benzene rings is 1. The molecule has 1 heterocycles. The van der Waals surface area contributed by atoms with E-state index in [-0.39, 0.29) is 17.6 Å². The third kappa shape index (κ3) is 3.78. The first kappa shape index (κ1) is 14.5. The molecule has 20 heavy (non-hydrogen) atoms. The smallest absolute Gasteiger partial charge is 0.168 e. The Labute approximate surface area is 118 Å². The first-order valence-electron chi connectivity index (χ1n) is 6.67. The van der Waals surface area contributed by atoms with E-state index in [2.05, 4.69) is 4.98 Å². The predicted molar refractivity (Wildman–Crippen MR) is 77.2 cm³/mol. The fourth-order valence-electron chi connectivity index (χ4n) is 2.14. The molecular weight excluding hydrogens is 255 g/mol. The van der Waals surface area contributed by atoms with Gasteiger partial charge < -0.3 is 10.5 Å². The van der Waals surface area contributed by atoms with Crippen LogP contribution in [0.15, 0.2) is 42.6 Å². The second-order valence-electron chi connectivity index (χ2n) is 4.76. The molecule has 2 N–H and O–H groups in total. The fourth-order valence-corrected chi connectivity index (χ4v) is 2.14. The number of hydrogen-bond donors (Lipinski definition) is 1. The molecule has 2 rings (SSSR count). The van der Waals surface area contributed by atoms with Crippen LogP contribution in [0.2, 0.25) is 0 Å². The van der Waals surface area contributed by atoms with Crippen LogP contribution in [0.3, 0.4) is 0 Å². The van der Waals surface area contributed by atoms with Crippen LogP contribution in [0.4, 0.5) is 4.39 Å². The van der Waals surface area contributed by atoms with Gasteiger partial charge in [0.05, 0.1) is 7.11 Å². The minimum Gasteiger partial charge on any atom is -0.494 e.